The molecule has 4 rings (SSSR count). The molecule has 154 valence electrons. The van der Waals surface area contributed by atoms with Crippen molar-refractivity contribution in [2.45, 2.75) is 21.8 Å². The van der Waals surface area contributed by atoms with Crippen molar-refractivity contribution < 1.29 is 0 Å². The molecule has 0 heterocycles. The Hall–Kier alpha value is -2.00. The van der Waals surface area contributed by atoms with Gasteiger partial charge in [-0.15, -0.1) is 0 Å². The van der Waals surface area contributed by atoms with E-state index >= 15 is 0 Å². The molecule has 0 aromatic heterocycles. The maximum absolute atomic E-state index is 2.61. The Morgan fingerprint density at radius 3 is 0.767 bits per heavy atom. The summed E-state index contributed by atoms with van der Waals surface area (Å²) in [5, 5.41) is 2.66. The zero-order chi connectivity index (χ0) is 20.9. The molecule has 0 unspecified atom stereocenters. The quantitative estimate of drug-likeness (QED) is 0.322. The van der Waals surface area contributed by atoms with Crippen LogP contribution in [0, 0.1) is 0 Å². The van der Waals surface area contributed by atoms with Crippen LogP contribution in [0.25, 0.3) is 0 Å². The summed E-state index contributed by atoms with van der Waals surface area (Å²) >= 11 is -4.94. The SMILES string of the molecule is C[AsH](CC[AsH](C)(c1ccccc1)c1ccccc1)(c1ccccc1)c1ccccc1. The fraction of sp³-hybridized carbons (Fsp3) is 0.143. The second kappa shape index (κ2) is 9.43. The van der Waals surface area contributed by atoms with Crippen molar-refractivity contribution in [3.63, 3.8) is 0 Å². The first-order chi connectivity index (χ1) is 14.6. The predicted molar refractivity (Wildman–Crippen MR) is 140 cm³/mol. The van der Waals surface area contributed by atoms with Gasteiger partial charge in [-0.1, -0.05) is 0 Å². The van der Waals surface area contributed by atoms with Crippen LogP contribution in [0.15, 0.2) is 121 Å². The molecule has 0 radical (unpaired) electrons. The summed E-state index contributed by atoms with van der Waals surface area (Å²) in [6, 6.07) is 45.4. The Morgan fingerprint density at radius 1 is 0.367 bits per heavy atom. The minimum absolute atomic E-state index is 1.33. The van der Waals surface area contributed by atoms with Gasteiger partial charge in [-0.05, 0) is 0 Å². The first kappa shape index (κ1) is 21.2. The third kappa shape index (κ3) is 4.37. The van der Waals surface area contributed by atoms with Gasteiger partial charge < -0.3 is 0 Å². The van der Waals surface area contributed by atoms with Gasteiger partial charge in [0.05, 0.1) is 0 Å². The second-order valence-corrected chi connectivity index (χ2v) is 26.8. The van der Waals surface area contributed by atoms with Crippen molar-refractivity contribution in [3.05, 3.63) is 121 Å². The molecule has 0 spiro atoms. The summed E-state index contributed by atoms with van der Waals surface area (Å²) in [6.07, 6.45) is 0. The van der Waals surface area contributed by atoms with Crippen LogP contribution >= 0.6 is 0 Å². The summed E-state index contributed by atoms with van der Waals surface area (Å²) in [5.41, 5.74) is 5.23. The number of benzene rings is 4. The molecule has 0 N–H and O–H groups in total. The fourth-order valence-electron chi connectivity index (χ4n) is 4.63. The van der Waals surface area contributed by atoms with Crippen LogP contribution < -0.4 is 17.4 Å². The molecule has 0 aliphatic rings. The molecular weight excluding hydrogens is 486 g/mol. The Morgan fingerprint density at radius 2 is 0.567 bits per heavy atom. The van der Waals surface area contributed by atoms with E-state index in [0.717, 1.165) is 0 Å². The normalized spacial score (nSPS) is 13.0. The minimum atomic E-state index is -2.47. The van der Waals surface area contributed by atoms with E-state index in [0.29, 0.717) is 0 Å². The number of hydrogen-bond acceptors (Lipinski definition) is 0. The number of hydrogen-bond donors (Lipinski definition) is 0. The van der Waals surface area contributed by atoms with Gasteiger partial charge in [0.1, 0.15) is 0 Å². The van der Waals surface area contributed by atoms with Gasteiger partial charge in [0.2, 0.25) is 0 Å². The predicted octanol–water partition coefficient (Wildman–Crippen LogP) is 4.24. The van der Waals surface area contributed by atoms with Gasteiger partial charge in [0, 0.05) is 0 Å². The van der Waals surface area contributed by atoms with E-state index in [1.807, 2.05) is 0 Å². The van der Waals surface area contributed by atoms with Crippen molar-refractivity contribution in [3.8, 4) is 0 Å². The first-order valence-electron chi connectivity index (χ1n) is 10.8. The van der Waals surface area contributed by atoms with Gasteiger partial charge in [-0.25, -0.2) is 0 Å². The third-order valence-corrected chi connectivity index (χ3v) is 27.7. The van der Waals surface area contributed by atoms with Crippen molar-refractivity contribution >= 4 is 44.5 Å². The molecule has 2 heteroatoms. The Labute approximate surface area is 186 Å². The van der Waals surface area contributed by atoms with Crippen LogP contribution in [0.2, 0.25) is 21.8 Å². The standard InChI is InChI=1S/C28H32As2/c1-29(25-15-7-3-8-16-25,26-17-9-4-10-18-26)23-24-30(2,27-19-11-5-12-20-27)28-21-13-6-14-22-28/h3-22,29-30H,23-24H2,1-2H3. The van der Waals surface area contributed by atoms with E-state index in [4.69, 9.17) is 0 Å². The van der Waals surface area contributed by atoms with Crippen LogP contribution in [-0.4, -0.2) is 27.1 Å². The summed E-state index contributed by atoms with van der Waals surface area (Å²) in [4.78, 5) is 0. The molecule has 4 aromatic rings. The van der Waals surface area contributed by atoms with Crippen molar-refractivity contribution in [1.82, 2.24) is 0 Å². The fourth-order valence-corrected chi connectivity index (χ4v) is 29.2. The molecule has 0 aliphatic carbocycles. The zero-order valence-electron chi connectivity index (χ0n) is 18.0. The van der Waals surface area contributed by atoms with Gasteiger partial charge in [0.25, 0.3) is 0 Å². The van der Waals surface area contributed by atoms with E-state index in [1.165, 1.54) is 10.4 Å². The summed E-state index contributed by atoms with van der Waals surface area (Å²) in [5.74, 6) is 0. The molecule has 0 fully saturated rings. The van der Waals surface area contributed by atoms with Crippen molar-refractivity contribution in [2.75, 3.05) is 0 Å². The summed E-state index contributed by atoms with van der Waals surface area (Å²) < 4.78 is 6.37. The van der Waals surface area contributed by atoms with E-state index in [2.05, 4.69) is 133 Å². The average molecular weight is 518 g/mol. The van der Waals surface area contributed by atoms with Gasteiger partial charge in [-0.3, -0.25) is 0 Å². The Bertz CT molecular complexity index is 877. The number of rotatable bonds is 7. The van der Waals surface area contributed by atoms with E-state index in [1.54, 1.807) is 17.4 Å². The van der Waals surface area contributed by atoms with Crippen molar-refractivity contribution in [2.24, 2.45) is 0 Å². The third-order valence-electron chi connectivity index (χ3n) is 6.77. The van der Waals surface area contributed by atoms with E-state index in [-0.39, 0.29) is 0 Å². The molecule has 0 nitrogen and oxygen atoms in total. The second-order valence-electron chi connectivity index (χ2n) is 8.63. The topological polar surface area (TPSA) is 0 Å². The molecule has 0 bridgehead atoms. The van der Waals surface area contributed by atoms with Crippen LogP contribution in [-0.2, 0) is 0 Å². The monoisotopic (exact) mass is 518 g/mol. The van der Waals surface area contributed by atoms with E-state index < -0.39 is 27.1 Å². The zero-order valence-corrected chi connectivity index (χ0v) is 22.2. The van der Waals surface area contributed by atoms with Crippen molar-refractivity contribution in [1.29, 1.82) is 0 Å². The summed E-state index contributed by atoms with van der Waals surface area (Å²) in [7, 11) is 0. The Kier molecular flexibility index (Phi) is 6.67. The average Bonchev–Trinajstić information content (AvgIpc) is 2.84. The molecule has 0 atom stereocenters. The van der Waals surface area contributed by atoms with Gasteiger partial charge >= 0.3 is 188 Å². The molecule has 0 saturated heterocycles. The molecule has 0 saturated carbocycles. The molecule has 4 aromatic carbocycles. The first-order valence-corrected chi connectivity index (χ1v) is 22.2. The van der Waals surface area contributed by atoms with Crippen LogP contribution in [0.1, 0.15) is 0 Å². The van der Waals surface area contributed by atoms with Crippen LogP contribution in [0.5, 0.6) is 0 Å². The van der Waals surface area contributed by atoms with Gasteiger partial charge in [-0.2, -0.15) is 0 Å². The maximum atomic E-state index is 2.61. The molecular formula is C28H32As2. The van der Waals surface area contributed by atoms with Gasteiger partial charge in [0.15, 0.2) is 0 Å². The van der Waals surface area contributed by atoms with Crippen LogP contribution in [0.4, 0.5) is 0 Å². The molecule has 30 heavy (non-hydrogen) atoms. The summed E-state index contributed by atoms with van der Waals surface area (Å²) in [6.45, 7) is 0. The Balaban J connectivity index is 1.76. The van der Waals surface area contributed by atoms with Crippen LogP contribution in [0.3, 0.4) is 0 Å². The van der Waals surface area contributed by atoms with E-state index in [9.17, 15) is 0 Å². The molecule has 0 amide bonds. The molecule has 0 aliphatic heterocycles.